The normalized spacial score (nSPS) is 15.8. The number of carbonyl (C=O) groups is 1. The van der Waals surface area contributed by atoms with Crippen LogP contribution >= 0.6 is 0 Å². The lowest BCUT2D eigenvalue weighted by Gasteiger charge is -2.27. The summed E-state index contributed by atoms with van der Waals surface area (Å²) in [4.78, 5) is 14.9. The summed E-state index contributed by atoms with van der Waals surface area (Å²) >= 11 is 0. The second kappa shape index (κ2) is 10.0. The van der Waals surface area contributed by atoms with Crippen molar-refractivity contribution in [2.45, 2.75) is 31.7 Å². The van der Waals surface area contributed by atoms with Crippen LogP contribution in [0.4, 0.5) is 5.69 Å². The molecule has 1 N–H and O–H groups in total. The van der Waals surface area contributed by atoms with Crippen molar-refractivity contribution < 1.29 is 19.0 Å². The van der Waals surface area contributed by atoms with Gasteiger partial charge in [0.05, 0.1) is 21.3 Å². The average molecular weight is 399 g/mol. The predicted molar refractivity (Wildman–Crippen MR) is 114 cm³/mol. The van der Waals surface area contributed by atoms with Gasteiger partial charge in [-0.15, -0.1) is 0 Å². The first kappa shape index (κ1) is 20.8. The van der Waals surface area contributed by atoms with Crippen LogP contribution in [-0.2, 0) is 11.2 Å². The molecule has 6 nitrogen and oxygen atoms in total. The summed E-state index contributed by atoms with van der Waals surface area (Å²) in [5.74, 6) is 2.03. The Morgan fingerprint density at radius 2 is 1.76 bits per heavy atom. The van der Waals surface area contributed by atoms with Crippen molar-refractivity contribution in [1.29, 1.82) is 0 Å². The summed E-state index contributed by atoms with van der Waals surface area (Å²) < 4.78 is 16.2. The van der Waals surface area contributed by atoms with Crippen molar-refractivity contribution in [1.82, 2.24) is 5.32 Å². The van der Waals surface area contributed by atoms with Crippen LogP contribution in [0.2, 0.25) is 0 Å². The van der Waals surface area contributed by atoms with Crippen LogP contribution in [0.1, 0.15) is 24.8 Å². The van der Waals surface area contributed by atoms with E-state index in [1.54, 1.807) is 21.3 Å². The SMILES string of the molecule is COc1cc(OC)c(CCC(=O)NC[C@H]2CCCN2c2ccccc2)c(OC)c1. The topological polar surface area (TPSA) is 60.0 Å². The molecule has 3 rings (SSSR count). The van der Waals surface area contributed by atoms with E-state index in [4.69, 9.17) is 14.2 Å². The fourth-order valence-corrected chi connectivity index (χ4v) is 3.89. The number of amides is 1. The van der Waals surface area contributed by atoms with Crippen molar-refractivity contribution in [3.8, 4) is 17.2 Å². The summed E-state index contributed by atoms with van der Waals surface area (Å²) in [5, 5.41) is 3.11. The van der Waals surface area contributed by atoms with Gasteiger partial charge in [-0.3, -0.25) is 4.79 Å². The smallest absolute Gasteiger partial charge is 0.220 e. The van der Waals surface area contributed by atoms with Crippen LogP contribution < -0.4 is 24.4 Å². The number of anilines is 1. The van der Waals surface area contributed by atoms with Gasteiger partial charge in [-0.25, -0.2) is 0 Å². The molecule has 0 spiro atoms. The zero-order valence-electron chi connectivity index (χ0n) is 17.4. The van der Waals surface area contributed by atoms with Gasteiger partial charge in [0.1, 0.15) is 17.2 Å². The molecule has 0 bridgehead atoms. The molecule has 156 valence electrons. The summed E-state index contributed by atoms with van der Waals surface area (Å²) in [6.07, 6.45) is 3.15. The van der Waals surface area contributed by atoms with Crippen LogP contribution in [0.15, 0.2) is 42.5 Å². The minimum atomic E-state index is 0.0323. The van der Waals surface area contributed by atoms with E-state index in [0.717, 1.165) is 24.9 Å². The van der Waals surface area contributed by atoms with Gasteiger partial charge in [0.25, 0.3) is 0 Å². The van der Waals surface area contributed by atoms with Crippen molar-refractivity contribution in [2.75, 3.05) is 39.3 Å². The largest absolute Gasteiger partial charge is 0.496 e. The Labute approximate surface area is 172 Å². The molecule has 29 heavy (non-hydrogen) atoms. The molecule has 1 aliphatic rings. The van der Waals surface area contributed by atoms with E-state index in [9.17, 15) is 4.79 Å². The number of carbonyl (C=O) groups excluding carboxylic acids is 1. The maximum absolute atomic E-state index is 12.5. The highest BCUT2D eigenvalue weighted by molar-refractivity contribution is 5.76. The highest BCUT2D eigenvalue weighted by atomic mass is 16.5. The number of benzene rings is 2. The maximum Gasteiger partial charge on any atom is 0.220 e. The van der Waals surface area contributed by atoms with E-state index in [2.05, 4.69) is 34.5 Å². The molecule has 6 heteroatoms. The quantitative estimate of drug-likeness (QED) is 0.701. The van der Waals surface area contributed by atoms with Crippen LogP contribution in [0, 0.1) is 0 Å². The molecule has 1 amide bonds. The molecule has 1 saturated heterocycles. The first-order chi connectivity index (χ1) is 14.2. The molecule has 0 aromatic heterocycles. The predicted octanol–water partition coefficient (Wildman–Crippen LogP) is 3.43. The third kappa shape index (κ3) is 5.13. The Bertz CT molecular complexity index is 785. The fourth-order valence-electron chi connectivity index (χ4n) is 3.89. The zero-order valence-corrected chi connectivity index (χ0v) is 17.4. The van der Waals surface area contributed by atoms with Crippen molar-refractivity contribution in [3.05, 3.63) is 48.0 Å². The number of ether oxygens (including phenoxy) is 3. The minimum Gasteiger partial charge on any atom is -0.496 e. The molecule has 2 aromatic rings. The zero-order chi connectivity index (χ0) is 20.6. The van der Waals surface area contributed by atoms with Crippen molar-refractivity contribution >= 4 is 11.6 Å². The standard InChI is InChI=1S/C23H30N2O4/c1-27-19-14-21(28-2)20(22(15-19)29-3)11-12-23(26)24-16-18-10-7-13-25(18)17-8-5-4-6-9-17/h4-6,8-9,14-15,18H,7,10-13,16H2,1-3H3,(H,24,26)/t18-/m1/s1. The van der Waals surface area contributed by atoms with Gasteiger partial charge in [0.15, 0.2) is 0 Å². The fraction of sp³-hybridized carbons (Fsp3) is 0.435. The lowest BCUT2D eigenvalue weighted by molar-refractivity contribution is -0.121. The van der Waals surface area contributed by atoms with Crippen LogP contribution in [0.5, 0.6) is 17.2 Å². The van der Waals surface area contributed by atoms with Gasteiger partial charge < -0.3 is 24.4 Å². The molecule has 1 atom stereocenters. The van der Waals surface area contributed by atoms with E-state index in [1.165, 1.54) is 5.69 Å². The Morgan fingerprint density at radius 1 is 1.07 bits per heavy atom. The van der Waals surface area contributed by atoms with E-state index < -0.39 is 0 Å². The minimum absolute atomic E-state index is 0.0323. The van der Waals surface area contributed by atoms with E-state index in [0.29, 0.717) is 42.7 Å². The molecule has 1 aliphatic heterocycles. The molecule has 1 fully saturated rings. The van der Waals surface area contributed by atoms with Gasteiger partial charge in [-0.1, -0.05) is 18.2 Å². The lowest BCUT2D eigenvalue weighted by atomic mass is 10.1. The number of para-hydroxylation sites is 1. The highest BCUT2D eigenvalue weighted by Gasteiger charge is 2.25. The molecular weight excluding hydrogens is 368 g/mol. The van der Waals surface area contributed by atoms with Gasteiger partial charge >= 0.3 is 0 Å². The van der Waals surface area contributed by atoms with E-state index >= 15 is 0 Å². The lowest BCUT2D eigenvalue weighted by Crippen LogP contribution is -2.40. The van der Waals surface area contributed by atoms with Crippen molar-refractivity contribution in [2.24, 2.45) is 0 Å². The Hall–Kier alpha value is -2.89. The second-order valence-electron chi connectivity index (χ2n) is 7.14. The Balaban J connectivity index is 1.56. The van der Waals surface area contributed by atoms with Crippen LogP contribution in [0.3, 0.4) is 0 Å². The Morgan fingerprint density at radius 3 is 2.38 bits per heavy atom. The molecule has 0 unspecified atom stereocenters. The second-order valence-corrected chi connectivity index (χ2v) is 7.14. The van der Waals surface area contributed by atoms with E-state index in [-0.39, 0.29) is 5.91 Å². The van der Waals surface area contributed by atoms with Gasteiger partial charge in [0, 0.05) is 48.9 Å². The van der Waals surface area contributed by atoms with Gasteiger partial charge in [0.2, 0.25) is 5.91 Å². The van der Waals surface area contributed by atoms with E-state index in [1.807, 2.05) is 18.2 Å². The number of hydrogen-bond acceptors (Lipinski definition) is 5. The van der Waals surface area contributed by atoms with Crippen molar-refractivity contribution in [3.63, 3.8) is 0 Å². The number of nitrogens with zero attached hydrogens (tertiary/aromatic N) is 1. The summed E-state index contributed by atoms with van der Waals surface area (Å²) in [6, 6.07) is 14.4. The maximum atomic E-state index is 12.5. The first-order valence-corrected chi connectivity index (χ1v) is 10.0. The molecular formula is C23H30N2O4. The number of rotatable bonds is 9. The average Bonchev–Trinajstić information content (AvgIpc) is 3.24. The molecule has 1 heterocycles. The third-order valence-electron chi connectivity index (χ3n) is 5.42. The van der Waals surface area contributed by atoms with Gasteiger partial charge in [-0.05, 0) is 31.4 Å². The summed E-state index contributed by atoms with van der Waals surface area (Å²) in [7, 11) is 4.81. The first-order valence-electron chi connectivity index (χ1n) is 10.0. The molecule has 0 radical (unpaired) electrons. The Kier molecular flexibility index (Phi) is 7.22. The summed E-state index contributed by atoms with van der Waals surface area (Å²) in [6.45, 7) is 1.69. The monoisotopic (exact) mass is 398 g/mol. The van der Waals surface area contributed by atoms with Gasteiger partial charge in [-0.2, -0.15) is 0 Å². The van der Waals surface area contributed by atoms with Crippen LogP contribution in [0.25, 0.3) is 0 Å². The molecule has 0 aliphatic carbocycles. The number of hydrogen-bond donors (Lipinski definition) is 1. The molecule has 2 aromatic carbocycles. The third-order valence-corrected chi connectivity index (χ3v) is 5.42. The number of nitrogens with one attached hydrogen (secondary N) is 1. The molecule has 0 saturated carbocycles. The highest BCUT2D eigenvalue weighted by Crippen LogP contribution is 2.34. The van der Waals surface area contributed by atoms with Crippen LogP contribution in [-0.4, -0.2) is 46.4 Å². The summed E-state index contributed by atoms with van der Waals surface area (Å²) in [5.41, 5.74) is 2.09. The number of methoxy groups -OCH3 is 3.